The summed E-state index contributed by atoms with van der Waals surface area (Å²) in [6.45, 7) is -0.336. The molecule has 0 fully saturated rings. The Balaban J connectivity index is 2.05. The van der Waals surface area contributed by atoms with Crippen molar-refractivity contribution in [1.29, 1.82) is 0 Å². The summed E-state index contributed by atoms with van der Waals surface area (Å²) in [5.74, 6) is -2.65. The summed E-state index contributed by atoms with van der Waals surface area (Å²) in [6.07, 6.45) is 0.235. The minimum Gasteiger partial charge on any atom is -0.481 e. The number of rotatable bonds is 11. The van der Waals surface area contributed by atoms with Crippen molar-refractivity contribution in [2.45, 2.75) is 31.7 Å². The molecule has 5 N–H and O–H groups in total. The molecule has 2 aromatic carbocycles. The van der Waals surface area contributed by atoms with Crippen LogP contribution >= 0.6 is 0 Å². The van der Waals surface area contributed by atoms with Gasteiger partial charge in [0.15, 0.2) is 0 Å². The number of aliphatic carboxylic acids is 1. The third kappa shape index (κ3) is 7.75. The first kappa shape index (κ1) is 22.6. The number of carboxylic acids is 1. The maximum atomic E-state index is 12.4. The van der Waals surface area contributed by atoms with Crippen LogP contribution in [0.25, 0.3) is 11.1 Å². The molecule has 30 heavy (non-hydrogen) atoms. The Bertz CT molecular complexity index is 881. The van der Waals surface area contributed by atoms with Gasteiger partial charge in [0.1, 0.15) is 6.04 Å². The standard InChI is InChI=1S/C22H25N3O5/c23-19(26)14-24-22(30)18(25-20(27)7-4-8-21(28)29)13-15-9-11-17(12-10-15)16-5-2-1-3-6-16/h1-3,5-6,9-12,18H,4,7-8,13-14H2,(H2,23,26)(H,24,30)(H,25,27)(H,28,29). The fraction of sp³-hybridized carbons (Fsp3) is 0.273. The average molecular weight is 411 g/mol. The normalized spacial score (nSPS) is 11.3. The van der Waals surface area contributed by atoms with Crippen LogP contribution in [0.15, 0.2) is 54.6 Å². The Morgan fingerprint density at radius 1 is 0.900 bits per heavy atom. The number of carbonyl (C=O) groups excluding carboxylic acids is 3. The molecule has 0 aliphatic heterocycles. The first-order chi connectivity index (χ1) is 14.3. The van der Waals surface area contributed by atoms with Gasteiger partial charge in [0, 0.05) is 19.3 Å². The topological polar surface area (TPSA) is 139 Å². The predicted molar refractivity (Wildman–Crippen MR) is 111 cm³/mol. The molecule has 0 heterocycles. The molecule has 1 atom stereocenters. The fourth-order valence-electron chi connectivity index (χ4n) is 2.87. The maximum Gasteiger partial charge on any atom is 0.303 e. The van der Waals surface area contributed by atoms with Crippen LogP contribution < -0.4 is 16.4 Å². The van der Waals surface area contributed by atoms with E-state index in [4.69, 9.17) is 10.8 Å². The lowest BCUT2D eigenvalue weighted by Crippen LogP contribution is -2.49. The summed E-state index contributed by atoms with van der Waals surface area (Å²) in [7, 11) is 0. The number of nitrogens with two attached hydrogens (primary N) is 1. The molecule has 2 rings (SSSR count). The van der Waals surface area contributed by atoms with Crippen molar-refractivity contribution in [2.75, 3.05) is 6.54 Å². The third-order valence-corrected chi connectivity index (χ3v) is 4.38. The lowest BCUT2D eigenvalue weighted by Gasteiger charge is -2.18. The second kappa shape index (κ2) is 11.4. The Kier molecular flexibility index (Phi) is 8.56. The van der Waals surface area contributed by atoms with Crippen LogP contribution in [-0.2, 0) is 25.6 Å². The van der Waals surface area contributed by atoms with Crippen LogP contribution in [0.1, 0.15) is 24.8 Å². The SMILES string of the molecule is NC(=O)CNC(=O)C(Cc1ccc(-c2ccccc2)cc1)NC(=O)CCCC(=O)O. The van der Waals surface area contributed by atoms with Crippen molar-refractivity contribution in [2.24, 2.45) is 5.73 Å². The van der Waals surface area contributed by atoms with E-state index in [-0.39, 0.29) is 32.2 Å². The third-order valence-electron chi connectivity index (χ3n) is 4.38. The minimum atomic E-state index is -0.989. The zero-order chi connectivity index (χ0) is 21.9. The van der Waals surface area contributed by atoms with Crippen molar-refractivity contribution < 1.29 is 24.3 Å². The summed E-state index contributed by atoms with van der Waals surface area (Å²) < 4.78 is 0. The molecule has 0 bridgehead atoms. The second-order valence-electron chi connectivity index (χ2n) is 6.82. The van der Waals surface area contributed by atoms with Crippen LogP contribution in [-0.4, -0.2) is 41.4 Å². The van der Waals surface area contributed by atoms with Gasteiger partial charge < -0.3 is 21.5 Å². The van der Waals surface area contributed by atoms with Gasteiger partial charge in [-0.1, -0.05) is 54.6 Å². The van der Waals surface area contributed by atoms with E-state index in [0.29, 0.717) is 0 Å². The molecular weight excluding hydrogens is 386 g/mol. The molecule has 8 heteroatoms. The highest BCUT2D eigenvalue weighted by Crippen LogP contribution is 2.19. The predicted octanol–water partition coefficient (Wildman–Crippen LogP) is 1.24. The van der Waals surface area contributed by atoms with Crippen molar-refractivity contribution in [3.63, 3.8) is 0 Å². The van der Waals surface area contributed by atoms with E-state index in [1.807, 2.05) is 54.6 Å². The van der Waals surface area contributed by atoms with Gasteiger partial charge in [-0.05, 0) is 23.1 Å². The van der Waals surface area contributed by atoms with Crippen LogP contribution in [0.3, 0.4) is 0 Å². The quantitative estimate of drug-likeness (QED) is 0.441. The van der Waals surface area contributed by atoms with Crippen LogP contribution in [0.2, 0.25) is 0 Å². The summed E-state index contributed by atoms with van der Waals surface area (Å²) in [5.41, 5.74) is 7.97. The Hall–Kier alpha value is -3.68. The number of hydrogen-bond acceptors (Lipinski definition) is 4. The highest BCUT2D eigenvalue weighted by Gasteiger charge is 2.21. The molecular formula is C22H25N3O5. The molecule has 8 nitrogen and oxygen atoms in total. The zero-order valence-corrected chi connectivity index (χ0v) is 16.5. The highest BCUT2D eigenvalue weighted by atomic mass is 16.4. The molecule has 3 amide bonds. The van der Waals surface area contributed by atoms with Gasteiger partial charge in [-0.2, -0.15) is 0 Å². The molecule has 0 radical (unpaired) electrons. The summed E-state index contributed by atoms with van der Waals surface area (Å²) in [4.78, 5) is 46.1. The van der Waals surface area contributed by atoms with Gasteiger partial charge >= 0.3 is 5.97 Å². The molecule has 0 saturated heterocycles. The number of benzene rings is 2. The van der Waals surface area contributed by atoms with Crippen molar-refractivity contribution in [1.82, 2.24) is 10.6 Å². The molecule has 0 aromatic heterocycles. The Morgan fingerprint density at radius 3 is 2.13 bits per heavy atom. The lowest BCUT2D eigenvalue weighted by atomic mass is 10.00. The van der Waals surface area contributed by atoms with Crippen molar-refractivity contribution in [3.8, 4) is 11.1 Å². The Labute approximate surface area is 174 Å². The smallest absolute Gasteiger partial charge is 0.303 e. The molecule has 0 aliphatic rings. The van der Waals surface area contributed by atoms with Gasteiger partial charge in [0.05, 0.1) is 6.54 Å². The second-order valence-corrected chi connectivity index (χ2v) is 6.82. The summed E-state index contributed by atoms with van der Waals surface area (Å²) >= 11 is 0. The van der Waals surface area contributed by atoms with Crippen molar-refractivity contribution >= 4 is 23.7 Å². The molecule has 0 saturated carbocycles. The van der Waals surface area contributed by atoms with Gasteiger partial charge in [-0.15, -0.1) is 0 Å². The van der Waals surface area contributed by atoms with Gasteiger partial charge in [-0.25, -0.2) is 0 Å². The summed E-state index contributed by atoms with van der Waals surface area (Å²) in [5, 5.41) is 13.7. The number of amides is 3. The lowest BCUT2D eigenvalue weighted by molar-refractivity contribution is -0.137. The summed E-state index contributed by atoms with van der Waals surface area (Å²) in [6, 6.07) is 16.5. The van der Waals surface area contributed by atoms with E-state index >= 15 is 0 Å². The van der Waals surface area contributed by atoms with Crippen LogP contribution in [0.5, 0.6) is 0 Å². The number of carboxylic acid groups (broad SMARTS) is 1. The van der Waals surface area contributed by atoms with Gasteiger partial charge in [0.25, 0.3) is 0 Å². The van der Waals surface area contributed by atoms with E-state index in [2.05, 4.69) is 10.6 Å². The Morgan fingerprint density at radius 2 is 1.53 bits per heavy atom. The molecule has 158 valence electrons. The largest absolute Gasteiger partial charge is 0.481 e. The minimum absolute atomic E-state index is 0.0150. The maximum absolute atomic E-state index is 12.4. The van der Waals surface area contributed by atoms with Gasteiger partial charge in [-0.3, -0.25) is 19.2 Å². The van der Waals surface area contributed by atoms with Crippen molar-refractivity contribution in [3.05, 3.63) is 60.2 Å². The average Bonchev–Trinajstić information content (AvgIpc) is 2.72. The van der Waals surface area contributed by atoms with Gasteiger partial charge in [0.2, 0.25) is 17.7 Å². The monoisotopic (exact) mass is 411 g/mol. The zero-order valence-electron chi connectivity index (χ0n) is 16.5. The van der Waals surface area contributed by atoms with E-state index in [0.717, 1.165) is 16.7 Å². The van der Waals surface area contributed by atoms with E-state index in [1.165, 1.54) is 0 Å². The first-order valence-corrected chi connectivity index (χ1v) is 9.56. The number of carbonyl (C=O) groups is 4. The molecule has 0 aliphatic carbocycles. The van der Waals surface area contributed by atoms with E-state index in [1.54, 1.807) is 0 Å². The number of primary amides is 1. The number of hydrogen-bond donors (Lipinski definition) is 4. The van der Waals surface area contributed by atoms with E-state index < -0.39 is 29.7 Å². The van der Waals surface area contributed by atoms with E-state index in [9.17, 15) is 19.2 Å². The van der Waals surface area contributed by atoms with Crippen LogP contribution in [0, 0.1) is 0 Å². The molecule has 0 spiro atoms. The molecule has 2 aromatic rings. The number of nitrogens with one attached hydrogen (secondary N) is 2. The van der Waals surface area contributed by atoms with Crippen LogP contribution in [0.4, 0.5) is 0 Å². The fourth-order valence-corrected chi connectivity index (χ4v) is 2.87. The molecule has 1 unspecified atom stereocenters. The first-order valence-electron chi connectivity index (χ1n) is 9.56. The highest BCUT2D eigenvalue weighted by molar-refractivity contribution is 5.90.